The number of nitrogens with zero attached hydrogens (tertiary/aromatic N) is 5. The summed E-state index contributed by atoms with van der Waals surface area (Å²) in [5.41, 5.74) is 0.517. The van der Waals surface area contributed by atoms with E-state index in [4.69, 9.17) is 0 Å². The van der Waals surface area contributed by atoms with Gasteiger partial charge >= 0.3 is 0 Å². The fourth-order valence-corrected chi connectivity index (χ4v) is 4.25. The molecule has 1 aliphatic carbocycles. The Morgan fingerprint density at radius 3 is 2.88 bits per heavy atom. The van der Waals surface area contributed by atoms with E-state index in [1.54, 1.807) is 4.90 Å². The van der Waals surface area contributed by atoms with Crippen molar-refractivity contribution in [2.75, 3.05) is 26.2 Å². The number of rotatable bonds is 3. The summed E-state index contributed by atoms with van der Waals surface area (Å²) in [5.74, 6) is 0.462. The van der Waals surface area contributed by atoms with Gasteiger partial charge in [0.05, 0.1) is 11.8 Å². The van der Waals surface area contributed by atoms with Crippen LogP contribution in [0, 0.1) is 0 Å². The van der Waals surface area contributed by atoms with Gasteiger partial charge in [-0.2, -0.15) is 9.61 Å². The lowest BCUT2D eigenvalue weighted by atomic mass is 10.3. The number of carbonyl (C=O) groups is 1. The monoisotopic (exact) mass is 363 g/mol. The van der Waals surface area contributed by atoms with Gasteiger partial charge in [-0.3, -0.25) is 14.5 Å². The molecule has 3 heterocycles. The maximum absolute atomic E-state index is 12.3. The van der Waals surface area contributed by atoms with Crippen molar-refractivity contribution in [1.29, 1.82) is 0 Å². The van der Waals surface area contributed by atoms with Gasteiger partial charge in [-0.25, -0.2) is 4.98 Å². The number of aliphatic hydroxyl groups is 1. The first-order valence-electron chi connectivity index (χ1n) is 8.55. The van der Waals surface area contributed by atoms with Crippen LogP contribution in [0.1, 0.15) is 36.4 Å². The van der Waals surface area contributed by atoms with E-state index in [9.17, 15) is 14.7 Å². The summed E-state index contributed by atoms with van der Waals surface area (Å²) in [6.45, 7) is 4.01. The maximum atomic E-state index is 12.3. The first-order chi connectivity index (χ1) is 12.0. The first-order valence-corrected chi connectivity index (χ1v) is 9.37. The third kappa shape index (κ3) is 3.58. The number of β-amino-alcohol motifs (C(OH)–C–C–N with tert-alkyl or cyclic N) is 1. The van der Waals surface area contributed by atoms with Crippen LogP contribution in [0.2, 0.25) is 0 Å². The van der Waals surface area contributed by atoms with Crippen molar-refractivity contribution >= 4 is 22.2 Å². The van der Waals surface area contributed by atoms with Gasteiger partial charge in [0.1, 0.15) is 5.01 Å². The van der Waals surface area contributed by atoms with Gasteiger partial charge in [0, 0.05) is 51.6 Å². The van der Waals surface area contributed by atoms with E-state index in [0.29, 0.717) is 49.3 Å². The molecule has 1 atom stereocenters. The zero-order chi connectivity index (χ0) is 17.6. The highest BCUT2D eigenvalue weighted by Gasteiger charge is 2.28. The van der Waals surface area contributed by atoms with Gasteiger partial charge < -0.3 is 10.0 Å². The lowest BCUT2D eigenvalue weighted by Gasteiger charge is -2.20. The van der Waals surface area contributed by atoms with E-state index in [1.165, 1.54) is 28.8 Å². The van der Waals surface area contributed by atoms with Crippen molar-refractivity contribution in [2.24, 2.45) is 0 Å². The van der Waals surface area contributed by atoms with Crippen LogP contribution in [0.4, 0.5) is 0 Å². The fourth-order valence-electron chi connectivity index (χ4n) is 3.16. The van der Waals surface area contributed by atoms with E-state index < -0.39 is 6.10 Å². The van der Waals surface area contributed by atoms with Crippen molar-refractivity contribution in [3.05, 3.63) is 27.1 Å². The summed E-state index contributed by atoms with van der Waals surface area (Å²) in [6.07, 6.45) is 1.68. The molecule has 134 valence electrons. The van der Waals surface area contributed by atoms with E-state index in [1.807, 2.05) is 4.90 Å². The zero-order valence-electron chi connectivity index (χ0n) is 14.1. The average molecular weight is 363 g/mol. The molecule has 0 bridgehead atoms. The second-order valence-corrected chi connectivity index (χ2v) is 7.84. The van der Waals surface area contributed by atoms with Crippen LogP contribution in [0.3, 0.4) is 0 Å². The Morgan fingerprint density at radius 1 is 1.36 bits per heavy atom. The highest BCUT2D eigenvalue weighted by atomic mass is 32.1. The van der Waals surface area contributed by atoms with Crippen molar-refractivity contribution < 1.29 is 9.90 Å². The first kappa shape index (κ1) is 16.6. The standard InChI is InChI=1S/C16H21N5O3S/c1-10(22)20-5-4-19(8-13(23)9-20)7-12-6-14(24)21-16(17-12)25-15(18-21)11-2-3-11/h6,11,13,23H,2-5,7-9H2,1H3. The van der Waals surface area contributed by atoms with Crippen LogP contribution in [-0.2, 0) is 11.3 Å². The molecular weight excluding hydrogens is 342 g/mol. The highest BCUT2D eigenvalue weighted by Crippen LogP contribution is 2.41. The number of hydrogen-bond acceptors (Lipinski definition) is 7. The Kier molecular flexibility index (Phi) is 4.30. The van der Waals surface area contributed by atoms with Crippen molar-refractivity contribution in [3.63, 3.8) is 0 Å². The molecule has 1 saturated carbocycles. The summed E-state index contributed by atoms with van der Waals surface area (Å²) < 4.78 is 1.39. The average Bonchev–Trinajstić information content (AvgIpc) is 3.32. The molecular formula is C16H21N5O3S. The summed E-state index contributed by atoms with van der Waals surface area (Å²) >= 11 is 1.49. The zero-order valence-corrected chi connectivity index (χ0v) is 14.9. The Balaban J connectivity index is 1.53. The smallest absolute Gasteiger partial charge is 0.275 e. The van der Waals surface area contributed by atoms with Crippen LogP contribution in [0.15, 0.2) is 10.9 Å². The predicted octanol–water partition coefficient (Wildman–Crippen LogP) is 0.0534. The van der Waals surface area contributed by atoms with Crippen LogP contribution >= 0.6 is 11.3 Å². The maximum Gasteiger partial charge on any atom is 0.275 e. The van der Waals surface area contributed by atoms with E-state index in [2.05, 4.69) is 10.1 Å². The summed E-state index contributed by atoms with van der Waals surface area (Å²) in [4.78, 5) is 32.8. The van der Waals surface area contributed by atoms with Crippen molar-refractivity contribution in [2.45, 2.75) is 38.3 Å². The van der Waals surface area contributed by atoms with Crippen LogP contribution in [-0.4, -0.2) is 67.7 Å². The summed E-state index contributed by atoms with van der Waals surface area (Å²) in [6, 6.07) is 1.52. The number of carbonyl (C=O) groups excluding carboxylic acids is 1. The van der Waals surface area contributed by atoms with Gasteiger partial charge in [0.25, 0.3) is 5.56 Å². The molecule has 4 rings (SSSR count). The van der Waals surface area contributed by atoms with E-state index in [0.717, 1.165) is 17.8 Å². The van der Waals surface area contributed by atoms with Gasteiger partial charge in [-0.05, 0) is 12.8 Å². The lowest BCUT2D eigenvalue weighted by Crippen LogP contribution is -2.36. The Labute approximate surface area is 148 Å². The molecule has 1 amide bonds. The molecule has 1 saturated heterocycles. The molecule has 1 unspecified atom stereocenters. The van der Waals surface area contributed by atoms with Gasteiger partial charge in [-0.1, -0.05) is 11.3 Å². The van der Waals surface area contributed by atoms with Crippen LogP contribution in [0.5, 0.6) is 0 Å². The van der Waals surface area contributed by atoms with Crippen LogP contribution in [0.25, 0.3) is 4.96 Å². The molecule has 2 aromatic rings. The quantitative estimate of drug-likeness (QED) is 0.829. The Morgan fingerprint density at radius 2 is 2.16 bits per heavy atom. The molecule has 1 N–H and O–H groups in total. The topological polar surface area (TPSA) is 91.0 Å². The molecule has 9 heteroatoms. The van der Waals surface area contributed by atoms with Crippen molar-refractivity contribution in [1.82, 2.24) is 24.4 Å². The molecule has 2 aliphatic rings. The summed E-state index contributed by atoms with van der Waals surface area (Å²) in [7, 11) is 0. The van der Waals surface area contributed by atoms with E-state index in [-0.39, 0.29) is 11.5 Å². The normalized spacial score (nSPS) is 22.3. The fraction of sp³-hybridized carbons (Fsp3) is 0.625. The minimum atomic E-state index is -0.596. The minimum Gasteiger partial charge on any atom is -0.390 e. The molecule has 2 fully saturated rings. The minimum absolute atomic E-state index is 0.0315. The molecule has 8 nitrogen and oxygen atoms in total. The number of hydrogen-bond donors (Lipinski definition) is 1. The molecule has 2 aromatic heterocycles. The molecule has 0 radical (unpaired) electrons. The second-order valence-electron chi connectivity index (χ2n) is 6.85. The Hall–Kier alpha value is -1.84. The molecule has 0 spiro atoms. The third-order valence-corrected chi connectivity index (χ3v) is 5.73. The lowest BCUT2D eigenvalue weighted by molar-refractivity contribution is -0.129. The predicted molar refractivity (Wildman–Crippen MR) is 92.6 cm³/mol. The SMILES string of the molecule is CC(=O)N1CCN(Cc2cc(=O)n3nc(C4CC4)sc3n2)CC(O)C1. The largest absolute Gasteiger partial charge is 0.390 e. The van der Waals surface area contributed by atoms with Gasteiger partial charge in [0.15, 0.2) is 0 Å². The van der Waals surface area contributed by atoms with E-state index >= 15 is 0 Å². The second kappa shape index (κ2) is 6.47. The number of fused-ring (bicyclic) bond motifs is 1. The highest BCUT2D eigenvalue weighted by molar-refractivity contribution is 7.16. The Bertz CT molecular complexity index is 859. The number of aliphatic hydroxyl groups excluding tert-OH is 1. The van der Waals surface area contributed by atoms with Gasteiger partial charge in [0.2, 0.25) is 10.9 Å². The third-order valence-electron chi connectivity index (χ3n) is 4.66. The number of aromatic nitrogens is 3. The van der Waals surface area contributed by atoms with Gasteiger partial charge in [-0.15, -0.1) is 0 Å². The van der Waals surface area contributed by atoms with Crippen molar-refractivity contribution in [3.8, 4) is 0 Å². The summed E-state index contributed by atoms with van der Waals surface area (Å²) in [5, 5.41) is 15.5. The van der Waals surface area contributed by atoms with Crippen LogP contribution < -0.4 is 5.56 Å². The number of amides is 1. The molecule has 25 heavy (non-hydrogen) atoms. The molecule has 0 aromatic carbocycles. The molecule has 1 aliphatic heterocycles.